The Balaban J connectivity index is 2.02. The second-order valence-electron chi connectivity index (χ2n) is 5.85. The van der Waals surface area contributed by atoms with Crippen molar-refractivity contribution >= 4 is 17.6 Å². The van der Waals surface area contributed by atoms with Gasteiger partial charge in [-0.2, -0.15) is 0 Å². The predicted octanol–water partition coefficient (Wildman–Crippen LogP) is 1.66. The summed E-state index contributed by atoms with van der Waals surface area (Å²) in [5.41, 5.74) is 1.84. The van der Waals surface area contributed by atoms with Crippen LogP contribution in [0.1, 0.15) is 25.8 Å². The van der Waals surface area contributed by atoms with Gasteiger partial charge >= 0.3 is 5.97 Å². The van der Waals surface area contributed by atoms with Crippen LogP contribution in [0.5, 0.6) is 0 Å². The summed E-state index contributed by atoms with van der Waals surface area (Å²) in [4.78, 5) is 25.1. The first-order valence-electron chi connectivity index (χ1n) is 7.33. The summed E-state index contributed by atoms with van der Waals surface area (Å²) in [5.74, 6) is -0.482. The van der Waals surface area contributed by atoms with Gasteiger partial charge < -0.3 is 15.3 Å². The molecular formula is C16H22N2O3. The van der Waals surface area contributed by atoms with E-state index in [4.69, 9.17) is 0 Å². The molecule has 21 heavy (non-hydrogen) atoms. The highest BCUT2D eigenvalue weighted by molar-refractivity contribution is 5.88. The molecule has 0 saturated carbocycles. The topological polar surface area (TPSA) is 69.6 Å². The molecule has 2 rings (SSSR count). The monoisotopic (exact) mass is 290 g/mol. The number of carboxylic acid groups (broad SMARTS) is 1. The number of carbonyl (C=O) groups excluding carboxylic acids is 1. The number of hydrogen-bond donors (Lipinski definition) is 2. The largest absolute Gasteiger partial charge is 0.480 e. The van der Waals surface area contributed by atoms with E-state index in [1.165, 1.54) is 0 Å². The molecule has 2 N–H and O–H groups in total. The molecule has 1 amide bonds. The molecule has 1 atom stereocenters. The summed E-state index contributed by atoms with van der Waals surface area (Å²) in [7, 11) is 0. The Morgan fingerprint density at radius 3 is 2.76 bits per heavy atom. The Morgan fingerprint density at radius 1 is 1.38 bits per heavy atom. The summed E-state index contributed by atoms with van der Waals surface area (Å²) in [6, 6.07) is 6.90. The molecular weight excluding hydrogens is 268 g/mol. The Kier molecular flexibility index (Phi) is 4.83. The summed E-state index contributed by atoms with van der Waals surface area (Å²) < 4.78 is 0. The summed E-state index contributed by atoms with van der Waals surface area (Å²) in [6.07, 6.45) is 1.37. The number of nitrogens with one attached hydrogen (secondary N) is 1. The number of anilines is 1. The van der Waals surface area contributed by atoms with Crippen LogP contribution in [0.15, 0.2) is 24.3 Å². The van der Waals surface area contributed by atoms with Crippen molar-refractivity contribution in [1.82, 2.24) is 5.32 Å². The van der Waals surface area contributed by atoms with Crippen molar-refractivity contribution in [3.63, 3.8) is 0 Å². The lowest BCUT2D eigenvalue weighted by atomic mass is 10.1. The molecule has 0 aromatic heterocycles. The fourth-order valence-electron chi connectivity index (χ4n) is 2.58. The van der Waals surface area contributed by atoms with E-state index in [-0.39, 0.29) is 12.5 Å². The van der Waals surface area contributed by atoms with Crippen LogP contribution in [0.4, 0.5) is 5.69 Å². The van der Waals surface area contributed by atoms with E-state index in [0.717, 1.165) is 17.7 Å². The van der Waals surface area contributed by atoms with Crippen molar-refractivity contribution in [3.05, 3.63) is 29.8 Å². The van der Waals surface area contributed by atoms with E-state index in [0.29, 0.717) is 18.9 Å². The van der Waals surface area contributed by atoms with Crippen molar-refractivity contribution < 1.29 is 14.7 Å². The maximum atomic E-state index is 12.0. The standard InChI is InChI=1S/C16H22N2O3/c1-11(2)7-8-17-15(19)10-18-13-6-4-3-5-12(13)9-14(18)16(20)21/h3-6,11,14H,7-10H2,1-2H3,(H,17,19)(H,20,21). The molecule has 0 aliphatic carbocycles. The SMILES string of the molecule is CC(C)CCNC(=O)CN1c2ccccc2CC1C(=O)O. The molecule has 114 valence electrons. The number of carbonyl (C=O) groups is 2. The Morgan fingerprint density at radius 2 is 2.10 bits per heavy atom. The van der Waals surface area contributed by atoms with Gasteiger partial charge in [-0.15, -0.1) is 0 Å². The van der Waals surface area contributed by atoms with Gasteiger partial charge in [-0.25, -0.2) is 4.79 Å². The van der Waals surface area contributed by atoms with Crippen molar-refractivity contribution in [2.45, 2.75) is 32.7 Å². The second kappa shape index (κ2) is 6.61. The van der Waals surface area contributed by atoms with Gasteiger partial charge in [0.2, 0.25) is 5.91 Å². The first kappa shape index (κ1) is 15.4. The zero-order valence-electron chi connectivity index (χ0n) is 12.5. The van der Waals surface area contributed by atoms with E-state index in [2.05, 4.69) is 19.2 Å². The minimum Gasteiger partial charge on any atom is -0.480 e. The van der Waals surface area contributed by atoms with Crippen LogP contribution in [0.3, 0.4) is 0 Å². The Hall–Kier alpha value is -2.04. The number of carboxylic acids is 1. The number of para-hydroxylation sites is 1. The number of aliphatic carboxylic acids is 1. The third-order valence-electron chi connectivity index (χ3n) is 3.73. The molecule has 0 bridgehead atoms. The zero-order valence-corrected chi connectivity index (χ0v) is 12.5. The molecule has 0 radical (unpaired) electrons. The van der Waals surface area contributed by atoms with Gasteiger partial charge in [0.1, 0.15) is 6.04 Å². The quantitative estimate of drug-likeness (QED) is 0.836. The molecule has 0 fully saturated rings. The van der Waals surface area contributed by atoms with Crippen LogP contribution in [-0.2, 0) is 16.0 Å². The number of benzene rings is 1. The summed E-state index contributed by atoms with van der Waals surface area (Å²) in [5, 5.41) is 12.2. The molecule has 5 nitrogen and oxygen atoms in total. The lowest BCUT2D eigenvalue weighted by Gasteiger charge is -2.24. The van der Waals surface area contributed by atoms with E-state index in [1.54, 1.807) is 4.90 Å². The normalized spacial score (nSPS) is 16.9. The first-order valence-corrected chi connectivity index (χ1v) is 7.33. The average Bonchev–Trinajstić information content (AvgIpc) is 2.77. The molecule has 0 spiro atoms. The van der Waals surface area contributed by atoms with Crippen LogP contribution in [0.2, 0.25) is 0 Å². The zero-order chi connectivity index (χ0) is 15.4. The Bertz CT molecular complexity index is 528. The van der Waals surface area contributed by atoms with Crippen molar-refractivity contribution in [3.8, 4) is 0 Å². The molecule has 0 saturated heterocycles. The number of amides is 1. The maximum Gasteiger partial charge on any atom is 0.326 e. The molecule has 5 heteroatoms. The van der Waals surface area contributed by atoms with E-state index in [9.17, 15) is 14.7 Å². The highest BCUT2D eigenvalue weighted by Gasteiger charge is 2.35. The highest BCUT2D eigenvalue weighted by atomic mass is 16.4. The van der Waals surface area contributed by atoms with Crippen LogP contribution in [-0.4, -0.2) is 36.1 Å². The van der Waals surface area contributed by atoms with Crippen LogP contribution in [0, 0.1) is 5.92 Å². The number of nitrogens with zero attached hydrogens (tertiary/aromatic N) is 1. The summed E-state index contributed by atoms with van der Waals surface area (Å²) >= 11 is 0. The van der Waals surface area contributed by atoms with Gasteiger partial charge in [-0.05, 0) is 24.0 Å². The van der Waals surface area contributed by atoms with Gasteiger partial charge in [0.25, 0.3) is 0 Å². The third-order valence-corrected chi connectivity index (χ3v) is 3.73. The van der Waals surface area contributed by atoms with Gasteiger partial charge in [0.15, 0.2) is 0 Å². The molecule has 1 aromatic carbocycles. The van der Waals surface area contributed by atoms with Gasteiger partial charge in [-0.3, -0.25) is 4.79 Å². The second-order valence-corrected chi connectivity index (χ2v) is 5.85. The van der Waals surface area contributed by atoms with Crippen molar-refractivity contribution in [2.75, 3.05) is 18.0 Å². The third kappa shape index (κ3) is 3.74. The van der Waals surface area contributed by atoms with Crippen molar-refractivity contribution in [2.24, 2.45) is 5.92 Å². The molecule has 1 aliphatic heterocycles. The number of rotatable bonds is 6. The fraction of sp³-hybridized carbons (Fsp3) is 0.500. The average molecular weight is 290 g/mol. The van der Waals surface area contributed by atoms with Gasteiger partial charge in [0, 0.05) is 18.7 Å². The van der Waals surface area contributed by atoms with Crippen molar-refractivity contribution in [1.29, 1.82) is 0 Å². The Labute approximate surface area is 125 Å². The number of fused-ring (bicyclic) bond motifs is 1. The predicted molar refractivity (Wildman–Crippen MR) is 81.4 cm³/mol. The molecule has 1 aromatic rings. The van der Waals surface area contributed by atoms with Gasteiger partial charge in [-0.1, -0.05) is 32.0 Å². The first-order chi connectivity index (χ1) is 9.99. The maximum absolute atomic E-state index is 12.0. The van der Waals surface area contributed by atoms with Crippen LogP contribution >= 0.6 is 0 Å². The van der Waals surface area contributed by atoms with E-state index in [1.807, 2.05) is 24.3 Å². The number of hydrogen-bond acceptors (Lipinski definition) is 3. The smallest absolute Gasteiger partial charge is 0.326 e. The lowest BCUT2D eigenvalue weighted by molar-refractivity contribution is -0.138. The minimum atomic E-state index is -0.888. The summed E-state index contributed by atoms with van der Waals surface area (Å²) in [6.45, 7) is 4.92. The molecule has 1 unspecified atom stereocenters. The molecule has 1 aliphatic rings. The van der Waals surface area contributed by atoms with Gasteiger partial charge in [0.05, 0.1) is 6.54 Å². The van der Waals surface area contributed by atoms with E-state index >= 15 is 0 Å². The molecule has 1 heterocycles. The highest BCUT2D eigenvalue weighted by Crippen LogP contribution is 2.31. The van der Waals surface area contributed by atoms with Crippen LogP contribution < -0.4 is 10.2 Å². The minimum absolute atomic E-state index is 0.0894. The fourth-order valence-corrected chi connectivity index (χ4v) is 2.58. The van der Waals surface area contributed by atoms with E-state index < -0.39 is 12.0 Å². The van der Waals surface area contributed by atoms with Crippen LogP contribution in [0.25, 0.3) is 0 Å². The lowest BCUT2D eigenvalue weighted by Crippen LogP contribution is -2.45.